The van der Waals surface area contributed by atoms with Gasteiger partial charge in [-0.05, 0) is 19.1 Å². The van der Waals surface area contributed by atoms with Gasteiger partial charge in [0.2, 0.25) is 0 Å². The van der Waals surface area contributed by atoms with Gasteiger partial charge in [0.15, 0.2) is 9.84 Å². The first kappa shape index (κ1) is 17.7. The number of hydrogen-bond acceptors (Lipinski definition) is 4. The quantitative estimate of drug-likeness (QED) is 0.800. The molecular formula is C13H19Cl2NO3S. The molecule has 2 atom stereocenters. The van der Waals surface area contributed by atoms with Crippen molar-refractivity contribution >= 4 is 33.0 Å². The summed E-state index contributed by atoms with van der Waals surface area (Å²) >= 11 is 12.0. The Morgan fingerprint density at radius 2 is 1.85 bits per heavy atom. The second-order valence-corrected chi connectivity index (χ2v) is 7.87. The molecule has 4 nitrogen and oxygen atoms in total. The number of aliphatic hydroxyl groups is 1. The maximum atomic E-state index is 11.5. The van der Waals surface area contributed by atoms with Gasteiger partial charge < -0.3 is 10.4 Å². The molecule has 0 aromatic heterocycles. The Kier molecular flexibility index (Phi) is 6.75. The van der Waals surface area contributed by atoms with E-state index in [4.69, 9.17) is 23.2 Å². The molecule has 1 aromatic carbocycles. The summed E-state index contributed by atoms with van der Waals surface area (Å²) in [6, 6.07) is 4.74. The Labute approximate surface area is 130 Å². The molecule has 1 rings (SSSR count). The number of sulfone groups is 1. The molecule has 114 valence electrons. The van der Waals surface area contributed by atoms with Gasteiger partial charge in [0.05, 0.1) is 11.9 Å². The van der Waals surface area contributed by atoms with Gasteiger partial charge in [-0.2, -0.15) is 0 Å². The van der Waals surface area contributed by atoms with E-state index in [0.29, 0.717) is 15.6 Å². The number of aliphatic hydroxyl groups excluding tert-OH is 1. The van der Waals surface area contributed by atoms with E-state index in [-0.39, 0.29) is 24.1 Å². The molecule has 0 spiro atoms. The van der Waals surface area contributed by atoms with E-state index >= 15 is 0 Å². The summed E-state index contributed by atoms with van der Waals surface area (Å²) < 4.78 is 23.0. The third kappa shape index (κ3) is 5.22. The van der Waals surface area contributed by atoms with Crippen LogP contribution >= 0.6 is 23.2 Å². The maximum absolute atomic E-state index is 11.5. The van der Waals surface area contributed by atoms with E-state index in [2.05, 4.69) is 5.32 Å². The molecule has 0 saturated carbocycles. The fourth-order valence-electron chi connectivity index (χ4n) is 1.80. The minimum Gasteiger partial charge on any atom is -0.387 e. The first-order valence-corrected chi connectivity index (χ1v) is 8.90. The molecule has 0 aliphatic heterocycles. The van der Waals surface area contributed by atoms with Crippen LogP contribution in [0.25, 0.3) is 0 Å². The summed E-state index contributed by atoms with van der Waals surface area (Å²) in [4.78, 5) is 0. The lowest BCUT2D eigenvalue weighted by Crippen LogP contribution is -2.36. The minimum atomic E-state index is -3.04. The molecule has 0 fully saturated rings. The molecule has 0 aliphatic rings. The fraction of sp³-hybridized carbons (Fsp3) is 0.538. The lowest BCUT2D eigenvalue weighted by Gasteiger charge is -2.18. The van der Waals surface area contributed by atoms with Crippen LogP contribution in [-0.4, -0.2) is 37.6 Å². The van der Waals surface area contributed by atoms with Crippen molar-refractivity contribution < 1.29 is 13.5 Å². The number of benzene rings is 1. The Morgan fingerprint density at radius 1 is 1.30 bits per heavy atom. The highest BCUT2D eigenvalue weighted by Crippen LogP contribution is 2.29. The van der Waals surface area contributed by atoms with Crippen LogP contribution in [0.4, 0.5) is 0 Å². The second-order valence-electron chi connectivity index (χ2n) is 4.66. The van der Waals surface area contributed by atoms with Gasteiger partial charge in [0.1, 0.15) is 0 Å². The largest absolute Gasteiger partial charge is 0.387 e. The maximum Gasteiger partial charge on any atom is 0.151 e. The molecule has 0 heterocycles. The van der Waals surface area contributed by atoms with Gasteiger partial charge in [0, 0.05) is 33.9 Å². The fourth-order valence-corrected chi connectivity index (χ4v) is 3.57. The molecule has 0 amide bonds. The van der Waals surface area contributed by atoms with Crippen LogP contribution in [0.5, 0.6) is 0 Å². The lowest BCUT2D eigenvalue weighted by atomic mass is 10.1. The molecule has 0 aliphatic carbocycles. The highest BCUT2D eigenvalue weighted by atomic mass is 35.5. The molecule has 0 saturated heterocycles. The van der Waals surface area contributed by atoms with Gasteiger partial charge in [-0.25, -0.2) is 8.42 Å². The smallest absolute Gasteiger partial charge is 0.151 e. The molecule has 0 bridgehead atoms. The van der Waals surface area contributed by atoms with Crippen molar-refractivity contribution in [3.63, 3.8) is 0 Å². The van der Waals surface area contributed by atoms with Gasteiger partial charge in [-0.15, -0.1) is 0 Å². The highest BCUT2D eigenvalue weighted by molar-refractivity contribution is 7.91. The van der Waals surface area contributed by atoms with Crippen molar-refractivity contribution in [2.45, 2.75) is 26.0 Å². The third-order valence-corrected chi connectivity index (χ3v) is 5.48. The van der Waals surface area contributed by atoms with Crippen LogP contribution in [0, 0.1) is 0 Å². The Bertz CT molecular complexity index is 528. The first-order valence-electron chi connectivity index (χ1n) is 6.32. The number of halogens is 2. The highest BCUT2D eigenvalue weighted by Gasteiger charge is 2.18. The van der Waals surface area contributed by atoms with Crippen molar-refractivity contribution in [3.8, 4) is 0 Å². The minimum absolute atomic E-state index is 0.0342. The summed E-state index contributed by atoms with van der Waals surface area (Å²) in [6.45, 7) is 3.55. The summed E-state index contributed by atoms with van der Waals surface area (Å²) in [6.07, 6.45) is -0.886. The van der Waals surface area contributed by atoms with Crippen molar-refractivity contribution in [2.75, 3.05) is 18.1 Å². The summed E-state index contributed by atoms with van der Waals surface area (Å²) in [5, 5.41) is 13.9. The summed E-state index contributed by atoms with van der Waals surface area (Å²) in [5.74, 6) is 0.143. The van der Waals surface area contributed by atoms with Gasteiger partial charge in [-0.3, -0.25) is 0 Å². The van der Waals surface area contributed by atoms with Gasteiger partial charge in [0.25, 0.3) is 0 Å². The SMILES string of the molecule is CCS(=O)(=O)CC(C)NCC(O)c1c(Cl)cccc1Cl. The summed E-state index contributed by atoms with van der Waals surface area (Å²) in [7, 11) is -3.04. The van der Waals surface area contributed by atoms with Crippen molar-refractivity contribution in [2.24, 2.45) is 0 Å². The van der Waals surface area contributed by atoms with Gasteiger partial charge >= 0.3 is 0 Å². The van der Waals surface area contributed by atoms with Crippen LogP contribution in [0.15, 0.2) is 18.2 Å². The molecular weight excluding hydrogens is 321 g/mol. The van der Waals surface area contributed by atoms with Crippen LogP contribution in [0.2, 0.25) is 10.0 Å². The van der Waals surface area contributed by atoms with Crippen LogP contribution in [-0.2, 0) is 9.84 Å². The lowest BCUT2D eigenvalue weighted by molar-refractivity contribution is 0.172. The van der Waals surface area contributed by atoms with E-state index in [0.717, 1.165) is 0 Å². The normalized spacial score (nSPS) is 15.1. The van der Waals surface area contributed by atoms with Crippen molar-refractivity contribution in [1.82, 2.24) is 5.32 Å². The van der Waals surface area contributed by atoms with E-state index in [1.54, 1.807) is 32.0 Å². The number of rotatable bonds is 7. The monoisotopic (exact) mass is 339 g/mol. The second kappa shape index (κ2) is 7.61. The Hall–Kier alpha value is -0.330. The third-order valence-electron chi connectivity index (χ3n) is 2.94. The van der Waals surface area contributed by atoms with E-state index in [1.165, 1.54) is 0 Å². The molecule has 7 heteroatoms. The van der Waals surface area contributed by atoms with Crippen LogP contribution in [0.3, 0.4) is 0 Å². The zero-order chi connectivity index (χ0) is 15.3. The Morgan fingerprint density at radius 3 is 2.35 bits per heavy atom. The summed E-state index contributed by atoms with van der Waals surface area (Å²) in [5.41, 5.74) is 0.453. The van der Waals surface area contributed by atoms with Crippen molar-refractivity contribution in [1.29, 1.82) is 0 Å². The zero-order valence-electron chi connectivity index (χ0n) is 11.4. The van der Waals surface area contributed by atoms with E-state index < -0.39 is 15.9 Å². The predicted molar refractivity (Wildman–Crippen MR) is 83.2 cm³/mol. The first-order chi connectivity index (χ1) is 9.26. The average molecular weight is 340 g/mol. The topological polar surface area (TPSA) is 66.4 Å². The number of hydrogen-bond donors (Lipinski definition) is 2. The van der Waals surface area contributed by atoms with Crippen LogP contribution < -0.4 is 5.32 Å². The molecule has 1 aromatic rings. The number of nitrogens with one attached hydrogen (secondary N) is 1. The van der Waals surface area contributed by atoms with Crippen LogP contribution in [0.1, 0.15) is 25.5 Å². The van der Waals surface area contributed by atoms with Crippen molar-refractivity contribution in [3.05, 3.63) is 33.8 Å². The molecule has 0 radical (unpaired) electrons. The standard InChI is InChI=1S/C13H19Cl2NO3S/c1-3-20(18,19)8-9(2)16-7-12(17)13-10(14)5-4-6-11(13)15/h4-6,9,12,16-17H,3,7-8H2,1-2H3. The molecule has 2 N–H and O–H groups in total. The average Bonchev–Trinajstić information content (AvgIpc) is 2.35. The Balaban J connectivity index is 2.62. The zero-order valence-corrected chi connectivity index (χ0v) is 13.8. The van der Waals surface area contributed by atoms with Gasteiger partial charge in [-0.1, -0.05) is 36.2 Å². The molecule has 20 heavy (non-hydrogen) atoms. The van der Waals surface area contributed by atoms with E-state index in [9.17, 15) is 13.5 Å². The molecule has 2 unspecified atom stereocenters. The predicted octanol–water partition coefficient (Wildman–Crippen LogP) is 2.44. The van der Waals surface area contributed by atoms with E-state index in [1.807, 2.05) is 0 Å².